The molecule has 0 unspecified atom stereocenters. The number of carbonyl (C=O) groups excluding carboxylic acids is 1. The number of non-ortho nitro benzene ring substituents is 1. The van der Waals surface area contributed by atoms with E-state index in [-0.39, 0.29) is 22.9 Å². The van der Waals surface area contributed by atoms with Gasteiger partial charge in [-0.15, -0.1) is 0 Å². The summed E-state index contributed by atoms with van der Waals surface area (Å²) in [7, 11) is 4.52. The molecule has 0 radical (unpaired) electrons. The van der Waals surface area contributed by atoms with E-state index in [0.717, 1.165) is 11.6 Å². The lowest BCUT2D eigenvalue weighted by atomic mass is 10.1. The maximum Gasteiger partial charge on any atom is 0.311 e. The topological polar surface area (TPSA) is 97.1 Å². The van der Waals surface area contributed by atoms with Gasteiger partial charge in [0.25, 0.3) is 5.69 Å². The van der Waals surface area contributed by atoms with Gasteiger partial charge in [0.05, 0.1) is 31.3 Å². The molecule has 0 aromatic heterocycles. The molecule has 0 aliphatic rings. The van der Waals surface area contributed by atoms with Gasteiger partial charge in [0, 0.05) is 18.6 Å². The molecule has 27 heavy (non-hydrogen) atoms. The average Bonchev–Trinajstić information content (AvgIpc) is 2.66. The Balaban J connectivity index is 2.06. The minimum atomic E-state index is -0.581. The molecule has 0 amide bonds. The Morgan fingerprint density at radius 2 is 1.67 bits per heavy atom. The van der Waals surface area contributed by atoms with Crippen LogP contribution in [-0.4, -0.2) is 32.2 Å². The number of ether oxygens (including phenoxy) is 4. The van der Waals surface area contributed by atoms with Gasteiger partial charge < -0.3 is 18.9 Å². The van der Waals surface area contributed by atoms with Gasteiger partial charge in [0.1, 0.15) is 5.75 Å². The van der Waals surface area contributed by atoms with Crippen molar-refractivity contribution in [1.29, 1.82) is 0 Å². The fraction of sp³-hybridized carbons (Fsp3) is 0.278. The molecule has 0 atom stereocenters. The van der Waals surface area contributed by atoms with Crippen molar-refractivity contribution in [3.05, 3.63) is 51.0 Å². The Bertz CT molecular complexity index is 829. The van der Waals surface area contributed by atoms with E-state index in [1.807, 2.05) is 0 Å². The molecule has 8 nitrogen and oxygen atoms in total. The third-order valence-corrected chi connectivity index (χ3v) is 3.99. The molecule has 0 aliphatic heterocycles. The van der Waals surface area contributed by atoms with Gasteiger partial charge in [0.15, 0.2) is 11.5 Å². The largest absolute Gasteiger partial charge is 0.493 e. The first kappa shape index (κ1) is 20.3. The number of nitrogens with zero attached hydrogens (tertiary/aromatic N) is 1. The second-order valence-electron chi connectivity index (χ2n) is 5.38. The summed E-state index contributed by atoms with van der Waals surface area (Å²) in [6.07, 6.45) is 0.423. The van der Waals surface area contributed by atoms with Crippen molar-refractivity contribution in [2.45, 2.75) is 12.8 Å². The summed E-state index contributed by atoms with van der Waals surface area (Å²) in [6.45, 7) is 0. The first-order valence-electron chi connectivity index (χ1n) is 7.83. The summed E-state index contributed by atoms with van der Waals surface area (Å²) in [5.41, 5.74) is 0.605. The van der Waals surface area contributed by atoms with Gasteiger partial charge in [-0.05, 0) is 30.2 Å². The molecule has 0 heterocycles. The lowest BCUT2D eigenvalue weighted by Crippen LogP contribution is -2.09. The molecule has 0 aliphatic carbocycles. The molecular weight excluding hydrogens is 378 g/mol. The van der Waals surface area contributed by atoms with E-state index >= 15 is 0 Å². The van der Waals surface area contributed by atoms with E-state index in [2.05, 4.69) is 0 Å². The van der Waals surface area contributed by atoms with E-state index in [1.165, 1.54) is 33.5 Å². The number of nitro benzene ring substituents is 1. The van der Waals surface area contributed by atoms with Crippen LogP contribution in [0.4, 0.5) is 5.69 Å². The molecule has 0 spiro atoms. The van der Waals surface area contributed by atoms with Crippen molar-refractivity contribution in [2.75, 3.05) is 21.3 Å². The highest BCUT2D eigenvalue weighted by Crippen LogP contribution is 2.38. The normalized spacial score (nSPS) is 10.2. The lowest BCUT2D eigenvalue weighted by molar-refractivity contribution is -0.384. The molecule has 2 rings (SSSR count). The summed E-state index contributed by atoms with van der Waals surface area (Å²) in [5.74, 6) is 0.970. The smallest absolute Gasteiger partial charge is 0.311 e. The van der Waals surface area contributed by atoms with Crippen molar-refractivity contribution < 1.29 is 28.7 Å². The van der Waals surface area contributed by atoms with E-state index < -0.39 is 10.9 Å². The third kappa shape index (κ3) is 5.01. The maximum absolute atomic E-state index is 12.1. The highest BCUT2D eigenvalue weighted by Gasteiger charge is 2.16. The summed E-state index contributed by atoms with van der Waals surface area (Å²) in [5, 5.41) is 10.7. The second-order valence-corrected chi connectivity index (χ2v) is 5.79. The van der Waals surface area contributed by atoms with Gasteiger partial charge in [-0.25, -0.2) is 0 Å². The first-order chi connectivity index (χ1) is 12.9. The first-order valence-corrected chi connectivity index (χ1v) is 8.21. The molecule has 2 aromatic rings. The van der Waals surface area contributed by atoms with Crippen molar-refractivity contribution in [3.8, 4) is 23.0 Å². The zero-order valence-corrected chi connectivity index (χ0v) is 15.7. The quantitative estimate of drug-likeness (QED) is 0.290. The second kappa shape index (κ2) is 9.09. The number of benzene rings is 2. The van der Waals surface area contributed by atoms with Gasteiger partial charge in [-0.2, -0.15) is 0 Å². The molecule has 0 fully saturated rings. The van der Waals surface area contributed by atoms with Crippen LogP contribution in [0.2, 0.25) is 5.02 Å². The zero-order valence-electron chi connectivity index (χ0n) is 15.0. The minimum Gasteiger partial charge on any atom is -0.493 e. The summed E-state index contributed by atoms with van der Waals surface area (Å²) in [6, 6.07) is 7.12. The van der Waals surface area contributed by atoms with Crippen LogP contribution in [0.5, 0.6) is 23.0 Å². The maximum atomic E-state index is 12.1. The van der Waals surface area contributed by atoms with Gasteiger partial charge >= 0.3 is 5.97 Å². The molecule has 0 saturated heterocycles. The Hall–Kier alpha value is -3.00. The van der Waals surface area contributed by atoms with Crippen LogP contribution in [0, 0.1) is 10.1 Å². The van der Waals surface area contributed by atoms with E-state index in [0.29, 0.717) is 23.7 Å². The Morgan fingerprint density at radius 1 is 1.04 bits per heavy atom. The Kier molecular flexibility index (Phi) is 6.84. The third-order valence-electron chi connectivity index (χ3n) is 3.69. The van der Waals surface area contributed by atoms with Crippen molar-refractivity contribution in [2.24, 2.45) is 0 Å². The molecule has 0 saturated carbocycles. The van der Waals surface area contributed by atoms with E-state index in [1.54, 1.807) is 12.1 Å². The van der Waals surface area contributed by atoms with Crippen molar-refractivity contribution in [1.82, 2.24) is 0 Å². The number of halogens is 1. The van der Waals surface area contributed by atoms with Crippen molar-refractivity contribution >= 4 is 23.3 Å². The van der Waals surface area contributed by atoms with E-state index in [9.17, 15) is 14.9 Å². The highest BCUT2D eigenvalue weighted by molar-refractivity contribution is 6.32. The summed E-state index contributed by atoms with van der Waals surface area (Å²) < 4.78 is 21.0. The Morgan fingerprint density at radius 3 is 2.15 bits per heavy atom. The van der Waals surface area contributed by atoms with Crippen LogP contribution in [0.25, 0.3) is 0 Å². The number of carbonyl (C=O) groups is 1. The van der Waals surface area contributed by atoms with Gasteiger partial charge in [0.2, 0.25) is 5.75 Å². The lowest BCUT2D eigenvalue weighted by Gasteiger charge is -2.14. The molecule has 9 heteroatoms. The molecule has 0 N–H and O–H groups in total. The summed E-state index contributed by atoms with van der Waals surface area (Å²) in [4.78, 5) is 22.2. The van der Waals surface area contributed by atoms with Gasteiger partial charge in [-0.3, -0.25) is 14.9 Å². The number of hydrogen-bond donors (Lipinski definition) is 0. The van der Waals surface area contributed by atoms with Crippen LogP contribution in [0.1, 0.15) is 12.0 Å². The fourth-order valence-corrected chi connectivity index (χ4v) is 2.60. The van der Waals surface area contributed by atoms with Gasteiger partial charge in [-0.1, -0.05) is 11.6 Å². The monoisotopic (exact) mass is 395 g/mol. The molecule has 2 aromatic carbocycles. The Labute approximate surface area is 160 Å². The standard InChI is InChI=1S/C18H18ClNO7/c1-24-15-8-11(9-16(25-2)18(15)26-3)4-7-17(21)27-14-6-5-12(20(22)23)10-13(14)19/h5-6,8-10H,4,7H2,1-3H3. The molecular formula is C18H18ClNO7. The van der Waals surface area contributed by atoms with E-state index in [4.69, 9.17) is 30.5 Å². The van der Waals surface area contributed by atoms with Crippen molar-refractivity contribution in [3.63, 3.8) is 0 Å². The molecule has 0 bridgehead atoms. The predicted octanol–water partition coefficient (Wildman–Crippen LogP) is 3.81. The number of methoxy groups -OCH3 is 3. The summed E-state index contributed by atoms with van der Waals surface area (Å²) >= 11 is 5.92. The van der Waals surface area contributed by atoms with Crippen LogP contribution in [0.15, 0.2) is 30.3 Å². The average molecular weight is 396 g/mol. The number of aryl methyl sites for hydroxylation is 1. The van der Waals surface area contributed by atoms with Crippen LogP contribution in [0.3, 0.4) is 0 Å². The molecule has 144 valence electrons. The van der Waals surface area contributed by atoms with Crippen LogP contribution >= 0.6 is 11.6 Å². The highest BCUT2D eigenvalue weighted by atomic mass is 35.5. The van der Waals surface area contributed by atoms with Crippen LogP contribution in [-0.2, 0) is 11.2 Å². The number of nitro groups is 1. The zero-order chi connectivity index (χ0) is 20.0. The number of hydrogen-bond acceptors (Lipinski definition) is 7. The number of rotatable bonds is 8. The SMILES string of the molecule is COc1cc(CCC(=O)Oc2ccc([N+](=O)[O-])cc2Cl)cc(OC)c1OC. The number of esters is 1. The minimum absolute atomic E-state index is 0.00895. The fourth-order valence-electron chi connectivity index (χ4n) is 2.39. The predicted molar refractivity (Wildman–Crippen MR) is 98.2 cm³/mol. The van der Waals surface area contributed by atoms with Crippen LogP contribution < -0.4 is 18.9 Å².